The number of aromatic nitrogens is 2. The molecule has 0 saturated carbocycles. The number of aryl methyl sites for hydroxylation is 1. The highest BCUT2D eigenvalue weighted by atomic mass is 16.5. The highest BCUT2D eigenvalue weighted by Gasteiger charge is 2.26. The van der Waals surface area contributed by atoms with Crippen LogP contribution in [0.1, 0.15) is 20.7 Å². The van der Waals surface area contributed by atoms with Crippen molar-refractivity contribution in [2.24, 2.45) is 7.05 Å². The van der Waals surface area contributed by atoms with E-state index in [2.05, 4.69) is 19.7 Å². The van der Waals surface area contributed by atoms with Gasteiger partial charge >= 0.3 is 5.63 Å². The topological polar surface area (TPSA) is 110 Å². The van der Waals surface area contributed by atoms with Crippen molar-refractivity contribution in [2.45, 2.75) is 0 Å². The number of piperazine rings is 1. The van der Waals surface area contributed by atoms with E-state index in [1.807, 2.05) is 0 Å². The summed E-state index contributed by atoms with van der Waals surface area (Å²) >= 11 is 0. The molecule has 0 atom stereocenters. The van der Waals surface area contributed by atoms with Gasteiger partial charge in [-0.3, -0.25) is 19.2 Å². The van der Waals surface area contributed by atoms with E-state index in [0.717, 1.165) is 6.26 Å². The summed E-state index contributed by atoms with van der Waals surface area (Å²) in [7, 11) is 3.24. The SMILES string of the molecule is COc1nn(C)cc1C(=O)N1CCN(CCNC(=O)c2ccc(=O)oc2)CC1. The zero-order valence-electron chi connectivity index (χ0n) is 15.9. The molecule has 0 aliphatic carbocycles. The first-order valence-corrected chi connectivity index (χ1v) is 8.94. The molecule has 3 rings (SSSR count). The van der Waals surface area contributed by atoms with Crippen LogP contribution >= 0.6 is 0 Å². The van der Waals surface area contributed by atoms with Crippen LogP contribution in [0.4, 0.5) is 0 Å². The molecule has 2 amide bonds. The number of carbonyl (C=O) groups excluding carboxylic acids is 2. The van der Waals surface area contributed by atoms with Gasteiger partial charge in [0.15, 0.2) is 0 Å². The van der Waals surface area contributed by atoms with E-state index < -0.39 is 5.63 Å². The van der Waals surface area contributed by atoms with Gasteiger partial charge in [0.1, 0.15) is 11.8 Å². The van der Waals surface area contributed by atoms with Crippen LogP contribution in [0.3, 0.4) is 0 Å². The molecule has 28 heavy (non-hydrogen) atoms. The minimum absolute atomic E-state index is 0.0940. The molecule has 0 spiro atoms. The predicted octanol–water partition coefficient (Wildman–Crippen LogP) is -0.430. The minimum Gasteiger partial charge on any atom is -0.479 e. The molecule has 0 unspecified atom stereocenters. The average molecular weight is 389 g/mol. The fourth-order valence-electron chi connectivity index (χ4n) is 3.03. The molecule has 2 aromatic rings. The van der Waals surface area contributed by atoms with E-state index in [9.17, 15) is 14.4 Å². The number of methoxy groups -OCH3 is 1. The highest BCUT2D eigenvalue weighted by Crippen LogP contribution is 2.18. The first-order valence-electron chi connectivity index (χ1n) is 8.94. The van der Waals surface area contributed by atoms with E-state index >= 15 is 0 Å². The zero-order chi connectivity index (χ0) is 20.1. The Morgan fingerprint density at radius 2 is 2.00 bits per heavy atom. The summed E-state index contributed by atoms with van der Waals surface area (Å²) in [6, 6.07) is 2.64. The van der Waals surface area contributed by atoms with Crippen LogP contribution in [0.5, 0.6) is 5.88 Å². The molecule has 10 heteroatoms. The summed E-state index contributed by atoms with van der Waals surface area (Å²) in [4.78, 5) is 39.5. The van der Waals surface area contributed by atoms with Crippen LogP contribution in [-0.2, 0) is 7.05 Å². The smallest absolute Gasteiger partial charge is 0.335 e. The van der Waals surface area contributed by atoms with E-state index in [1.54, 1.807) is 22.8 Å². The average Bonchev–Trinajstić information content (AvgIpc) is 3.09. The number of nitrogens with zero attached hydrogens (tertiary/aromatic N) is 4. The summed E-state index contributed by atoms with van der Waals surface area (Å²) in [6.07, 6.45) is 2.81. The quantitative estimate of drug-likeness (QED) is 0.714. The molecule has 1 saturated heterocycles. The van der Waals surface area contributed by atoms with Crippen LogP contribution in [-0.4, -0.2) is 77.8 Å². The van der Waals surface area contributed by atoms with Crippen molar-refractivity contribution in [2.75, 3.05) is 46.4 Å². The number of rotatable bonds is 6. The largest absolute Gasteiger partial charge is 0.479 e. The van der Waals surface area contributed by atoms with Gasteiger partial charge in [0.05, 0.1) is 12.7 Å². The molecular formula is C18H23N5O5. The highest BCUT2D eigenvalue weighted by molar-refractivity contribution is 5.96. The van der Waals surface area contributed by atoms with Crippen LogP contribution in [0, 0.1) is 0 Å². The molecule has 0 aromatic carbocycles. The van der Waals surface area contributed by atoms with Crippen molar-refractivity contribution in [3.05, 3.63) is 46.1 Å². The van der Waals surface area contributed by atoms with Gasteiger partial charge in [0.25, 0.3) is 11.8 Å². The summed E-state index contributed by atoms with van der Waals surface area (Å²) in [6.45, 7) is 3.74. The van der Waals surface area contributed by atoms with Crippen molar-refractivity contribution in [3.8, 4) is 5.88 Å². The summed E-state index contributed by atoms with van der Waals surface area (Å²) in [5, 5.41) is 6.91. The predicted molar refractivity (Wildman–Crippen MR) is 99.4 cm³/mol. The summed E-state index contributed by atoms with van der Waals surface area (Å²) in [5.41, 5.74) is 0.272. The molecule has 1 fully saturated rings. The van der Waals surface area contributed by atoms with Crippen LogP contribution < -0.4 is 15.7 Å². The number of amides is 2. The zero-order valence-corrected chi connectivity index (χ0v) is 15.9. The molecule has 1 aliphatic heterocycles. The Hall–Kier alpha value is -3.14. The van der Waals surface area contributed by atoms with Crippen molar-refractivity contribution in [3.63, 3.8) is 0 Å². The van der Waals surface area contributed by atoms with Gasteiger partial charge in [0, 0.05) is 58.6 Å². The minimum atomic E-state index is -0.493. The molecule has 1 N–H and O–H groups in total. The van der Waals surface area contributed by atoms with Gasteiger partial charge in [-0.1, -0.05) is 0 Å². The standard InChI is InChI=1S/C18H23N5O5/c1-21-11-14(17(20-21)27-2)18(26)23-9-7-22(8-10-23)6-5-19-16(25)13-3-4-15(24)28-12-13/h3-4,11-12H,5-10H2,1-2H3,(H,19,25). The van der Waals surface area contributed by atoms with E-state index in [-0.39, 0.29) is 11.8 Å². The van der Waals surface area contributed by atoms with E-state index in [1.165, 1.54) is 19.2 Å². The van der Waals surface area contributed by atoms with Crippen molar-refractivity contribution < 1.29 is 18.7 Å². The Balaban J connectivity index is 1.44. The molecule has 0 radical (unpaired) electrons. The first kappa shape index (κ1) is 19.6. The molecule has 10 nitrogen and oxygen atoms in total. The third-order valence-corrected chi connectivity index (χ3v) is 4.55. The Labute approximate surface area is 161 Å². The Bertz CT molecular complexity index is 878. The maximum atomic E-state index is 12.7. The van der Waals surface area contributed by atoms with Crippen LogP contribution in [0.15, 0.2) is 33.8 Å². The van der Waals surface area contributed by atoms with Gasteiger partial charge in [-0.15, -0.1) is 5.10 Å². The second kappa shape index (κ2) is 8.70. The van der Waals surface area contributed by atoms with Crippen LogP contribution in [0.2, 0.25) is 0 Å². The number of nitrogens with one attached hydrogen (secondary N) is 1. The monoisotopic (exact) mass is 389 g/mol. The number of hydrogen-bond donors (Lipinski definition) is 1. The Morgan fingerprint density at radius 1 is 1.25 bits per heavy atom. The second-order valence-corrected chi connectivity index (χ2v) is 6.46. The summed E-state index contributed by atoms with van der Waals surface area (Å²) in [5.74, 6) is -0.0564. The molecule has 0 bridgehead atoms. The molecule has 150 valence electrons. The maximum absolute atomic E-state index is 12.7. The number of ether oxygens (including phenoxy) is 1. The number of hydrogen-bond acceptors (Lipinski definition) is 7. The lowest BCUT2D eigenvalue weighted by Gasteiger charge is -2.34. The van der Waals surface area contributed by atoms with Crippen LogP contribution in [0.25, 0.3) is 0 Å². The lowest BCUT2D eigenvalue weighted by Crippen LogP contribution is -2.50. The van der Waals surface area contributed by atoms with Gasteiger partial charge in [0.2, 0.25) is 5.88 Å². The number of carbonyl (C=O) groups is 2. The third kappa shape index (κ3) is 4.58. The van der Waals surface area contributed by atoms with E-state index in [4.69, 9.17) is 4.74 Å². The Morgan fingerprint density at radius 3 is 2.64 bits per heavy atom. The maximum Gasteiger partial charge on any atom is 0.335 e. The summed E-state index contributed by atoms with van der Waals surface area (Å²) < 4.78 is 11.4. The fourth-order valence-corrected chi connectivity index (χ4v) is 3.03. The molecule has 2 aromatic heterocycles. The van der Waals surface area contributed by atoms with Gasteiger partial charge < -0.3 is 19.4 Å². The Kier molecular flexibility index (Phi) is 6.09. The fraction of sp³-hybridized carbons (Fsp3) is 0.444. The van der Waals surface area contributed by atoms with Crippen molar-refractivity contribution >= 4 is 11.8 Å². The van der Waals surface area contributed by atoms with Gasteiger partial charge in [-0.2, -0.15) is 0 Å². The first-order chi connectivity index (χ1) is 13.5. The van der Waals surface area contributed by atoms with E-state index in [0.29, 0.717) is 56.3 Å². The third-order valence-electron chi connectivity index (χ3n) is 4.55. The van der Waals surface area contributed by atoms with Crippen molar-refractivity contribution in [1.29, 1.82) is 0 Å². The van der Waals surface area contributed by atoms with Gasteiger partial charge in [-0.25, -0.2) is 4.79 Å². The van der Waals surface area contributed by atoms with Gasteiger partial charge in [-0.05, 0) is 6.07 Å². The van der Waals surface area contributed by atoms with Crippen molar-refractivity contribution in [1.82, 2.24) is 24.9 Å². The second-order valence-electron chi connectivity index (χ2n) is 6.46. The molecule has 3 heterocycles. The lowest BCUT2D eigenvalue weighted by molar-refractivity contribution is 0.0634. The molecule has 1 aliphatic rings. The normalized spacial score (nSPS) is 14.7. The lowest BCUT2D eigenvalue weighted by atomic mass is 10.2. The molecular weight excluding hydrogens is 366 g/mol.